The normalized spacial score (nSPS) is 13.1. The number of oxazole rings is 1. The van der Waals surface area contributed by atoms with Gasteiger partial charge in [-0.3, -0.25) is 4.98 Å². The van der Waals surface area contributed by atoms with Crippen LogP contribution in [0.25, 0.3) is 11.1 Å². The summed E-state index contributed by atoms with van der Waals surface area (Å²) in [6.07, 6.45) is 1.01. The highest BCUT2D eigenvalue weighted by Crippen LogP contribution is 2.25. The van der Waals surface area contributed by atoms with Crippen LogP contribution in [0.5, 0.6) is 0 Å². The lowest BCUT2D eigenvalue weighted by Gasteiger charge is -2.18. The number of nitrogens with zero attached hydrogens (tertiary/aromatic N) is 1. The summed E-state index contributed by atoms with van der Waals surface area (Å²) in [5.41, 5.74) is 8.48. The average molecular weight is 264 g/mol. The van der Waals surface area contributed by atoms with E-state index >= 15 is 0 Å². The highest BCUT2D eigenvalue weighted by molar-refractivity contribution is 5.85. The molecule has 4 N–H and O–H groups in total. The van der Waals surface area contributed by atoms with E-state index in [2.05, 4.69) is 22.1 Å². The predicted octanol–water partition coefficient (Wildman–Crippen LogP) is 1.46. The Morgan fingerprint density at radius 2 is 2.21 bits per heavy atom. The van der Waals surface area contributed by atoms with Gasteiger partial charge in [0.2, 0.25) is 0 Å². The van der Waals surface area contributed by atoms with Crippen LogP contribution in [0.4, 0.5) is 11.4 Å². The molecule has 0 radical (unpaired) electrons. The molecule has 0 bridgehead atoms. The molecule has 6 nitrogen and oxygen atoms in total. The molecule has 0 aliphatic rings. The number of fused-ring (bicyclic) bond motifs is 1. The van der Waals surface area contributed by atoms with E-state index < -0.39 is 5.76 Å². The third kappa shape index (κ3) is 3.29. The monoisotopic (exact) mass is 264 g/mol. The van der Waals surface area contributed by atoms with Gasteiger partial charge in [-0.15, -0.1) is 0 Å². The van der Waals surface area contributed by atoms with E-state index in [1.165, 1.54) is 0 Å². The van der Waals surface area contributed by atoms with Crippen LogP contribution in [0.3, 0.4) is 0 Å². The van der Waals surface area contributed by atoms with Crippen LogP contribution < -0.4 is 16.8 Å². The second-order valence-corrected chi connectivity index (χ2v) is 5.09. The standard InChI is InChI=1S/C13H20N4O2/c1-8(4-5-17(2)3)15-10-7-11-12(6-9(10)14)19-13(18)16-11/h6-8,15H,4-5,14H2,1-3H3,(H,16,18). The summed E-state index contributed by atoms with van der Waals surface area (Å²) in [6, 6.07) is 3.76. The number of aromatic amines is 1. The summed E-state index contributed by atoms with van der Waals surface area (Å²) in [4.78, 5) is 15.9. The van der Waals surface area contributed by atoms with Crippen LogP contribution in [0.1, 0.15) is 13.3 Å². The zero-order valence-corrected chi connectivity index (χ0v) is 11.5. The molecule has 1 atom stereocenters. The highest BCUT2D eigenvalue weighted by Gasteiger charge is 2.09. The van der Waals surface area contributed by atoms with E-state index in [9.17, 15) is 4.79 Å². The molecule has 19 heavy (non-hydrogen) atoms. The van der Waals surface area contributed by atoms with Gasteiger partial charge in [-0.25, -0.2) is 4.79 Å². The Kier molecular flexibility index (Phi) is 3.80. The van der Waals surface area contributed by atoms with Crippen molar-refractivity contribution in [3.8, 4) is 0 Å². The van der Waals surface area contributed by atoms with Crippen LogP contribution in [-0.4, -0.2) is 36.6 Å². The van der Waals surface area contributed by atoms with Crippen molar-refractivity contribution < 1.29 is 4.42 Å². The van der Waals surface area contributed by atoms with Gasteiger partial charge in [-0.2, -0.15) is 0 Å². The molecule has 2 aromatic rings. The summed E-state index contributed by atoms with van der Waals surface area (Å²) in [5, 5.41) is 3.35. The minimum atomic E-state index is -0.466. The molecular formula is C13H20N4O2. The number of hydrogen-bond donors (Lipinski definition) is 3. The van der Waals surface area contributed by atoms with Crippen molar-refractivity contribution in [1.82, 2.24) is 9.88 Å². The lowest BCUT2D eigenvalue weighted by molar-refractivity contribution is 0.390. The largest absolute Gasteiger partial charge is 0.417 e. The van der Waals surface area contributed by atoms with Crippen molar-refractivity contribution in [2.45, 2.75) is 19.4 Å². The Labute approximate surface area is 111 Å². The minimum absolute atomic E-state index is 0.292. The molecule has 0 saturated carbocycles. The molecule has 0 fully saturated rings. The first-order chi connectivity index (χ1) is 8.95. The van der Waals surface area contributed by atoms with Gasteiger partial charge in [-0.05, 0) is 40.1 Å². The number of nitrogens with two attached hydrogens (primary N) is 1. The van der Waals surface area contributed by atoms with E-state index in [1.54, 1.807) is 6.07 Å². The van der Waals surface area contributed by atoms with Gasteiger partial charge >= 0.3 is 5.76 Å². The Morgan fingerprint density at radius 3 is 2.89 bits per heavy atom. The number of hydrogen-bond acceptors (Lipinski definition) is 5. The number of nitrogens with one attached hydrogen (secondary N) is 2. The highest BCUT2D eigenvalue weighted by atomic mass is 16.4. The van der Waals surface area contributed by atoms with Gasteiger partial charge < -0.3 is 20.4 Å². The summed E-state index contributed by atoms with van der Waals surface area (Å²) in [6.45, 7) is 3.10. The van der Waals surface area contributed by atoms with Crippen molar-refractivity contribution >= 4 is 22.5 Å². The average Bonchev–Trinajstić information content (AvgIpc) is 2.66. The summed E-state index contributed by atoms with van der Waals surface area (Å²) >= 11 is 0. The summed E-state index contributed by atoms with van der Waals surface area (Å²) in [5.74, 6) is -0.466. The Morgan fingerprint density at radius 1 is 1.47 bits per heavy atom. The first-order valence-corrected chi connectivity index (χ1v) is 6.29. The fraction of sp³-hybridized carbons (Fsp3) is 0.462. The molecule has 2 rings (SSSR count). The van der Waals surface area contributed by atoms with Crippen LogP contribution in [-0.2, 0) is 0 Å². The number of rotatable bonds is 5. The van der Waals surface area contributed by atoms with Crippen molar-refractivity contribution in [3.05, 3.63) is 22.7 Å². The first-order valence-electron chi connectivity index (χ1n) is 6.29. The maximum Gasteiger partial charge on any atom is 0.417 e. The number of anilines is 2. The lowest BCUT2D eigenvalue weighted by Crippen LogP contribution is -2.23. The van der Waals surface area contributed by atoms with Gasteiger partial charge in [0.1, 0.15) is 0 Å². The SMILES string of the molecule is CC(CCN(C)C)Nc1cc2[nH]c(=O)oc2cc1N. The molecule has 6 heteroatoms. The van der Waals surface area contributed by atoms with Crippen molar-refractivity contribution in [2.75, 3.05) is 31.7 Å². The van der Waals surface area contributed by atoms with Gasteiger partial charge in [0.25, 0.3) is 0 Å². The molecule has 0 saturated heterocycles. The minimum Gasteiger partial charge on any atom is -0.408 e. The second kappa shape index (κ2) is 5.36. The Hall–Kier alpha value is -1.95. The van der Waals surface area contributed by atoms with Gasteiger partial charge in [0, 0.05) is 12.1 Å². The maximum absolute atomic E-state index is 11.1. The van der Waals surface area contributed by atoms with Crippen molar-refractivity contribution in [3.63, 3.8) is 0 Å². The van der Waals surface area contributed by atoms with Crippen molar-refractivity contribution in [2.24, 2.45) is 0 Å². The van der Waals surface area contributed by atoms with Crippen molar-refractivity contribution in [1.29, 1.82) is 0 Å². The van der Waals surface area contributed by atoms with E-state index in [4.69, 9.17) is 10.2 Å². The van der Waals surface area contributed by atoms with E-state index in [1.807, 2.05) is 20.2 Å². The zero-order valence-electron chi connectivity index (χ0n) is 11.5. The second-order valence-electron chi connectivity index (χ2n) is 5.09. The maximum atomic E-state index is 11.1. The fourth-order valence-corrected chi connectivity index (χ4v) is 1.93. The molecule has 0 amide bonds. The summed E-state index contributed by atoms with van der Waals surface area (Å²) in [7, 11) is 4.09. The van der Waals surface area contributed by atoms with E-state index in [-0.39, 0.29) is 0 Å². The molecule has 0 spiro atoms. The molecule has 0 aliphatic carbocycles. The molecule has 1 heterocycles. The predicted molar refractivity (Wildman–Crippen MR) is 77.5 cm³/mol. The quantitative estimate of drug-likeness (QED) is 0.712. The number of nitrogen functional groups attached to an aromatic ring is 1. The first kappa shape index (κ1) is 13.5. The number of H-pyrrole nitrogens is 1. The van der Waals surface area contributed by atoms with Crippen LogP contribution in [0, 0.1) is 0 Å². The van der Waals surface area contributed by atoms with Gasteiger partial charge in [-0.1, -0.05) is 0 Å². The Bertz CT molecular complexity index is 615. The third-order valence-electron chi connectivity index (χ3n) is 3.00. The molecule has 104 valence electrons. The van der Waals surface area contributed by atoms with Crippen LogP contribution >= 0.6 is 0 Å². The molecular weight excluding hydrogens is 244 g/mol. The van der Waals surface area contributed by atoms with Crippen LogP contribution in [0.2, 0.25) is 0 Å². The lowest BCUT2D eigenvalue weighted by atomic mass is 10.2. The van der Waals surface area contributed by atoms with E-state index in [0.29, 0.717) is 22.8 Å². The summed E-state index contributed by atoms with van der Waals surface area (Å²) < 4.78 is 4.96. The third-order valence-corrected chi connectivity index (χ3v) is 3.00. The van der Waals surface area contributed by atoms with Crippen LogP contribution in [0.15, 0.2) is 21.3 Å². The Balaban J connectivity index is 2.15. The number of aromatic nitrogens is 1. The molecule has 1 aromatic carbocycles. The number of benzene rings is 1. The van der Waals surface area contributed by atoms with Gasteiger partial charge in [0.15, 0.2) is 5.58 Å². The molecule has 1 aromatic heterocycles. The zero-order chi connectivity index (χ0) is 14.0. The topological polar surface area (TPSA) is 87.3 Å². The smallest absolute Gasteiger partial charge is 0.408 e. The molecule has 0 aliphatic heterocycles. The fourth-order valence-electron chi connectivity index (χ4n) is 1.93. The van der Waals surface area contributed by atoms with Gasteiger partial charge in [0.05, 0.1) is 16.9 Å². The van der Waals surface area contributed by atoms with E-state index in [0.717, 1.165) is 18.7 Å². The molecule has 1 unspecified atom stereocenters.